The number of nitrogens with one attached hydrogen (secondary N) is 1. The molecule has 0 fully saturated rings. The number of hydrogen-bond acceptors (Lipinski definition) is 2. The van der Waals surface area contributed by atoms with E-state index < -0.39 is 5.97 Å². The Kier molecular flexibility index (Phi) is 3.48. The van der Waals surface area contributed by atoms with Gasteiger partial charge in [-0.1, -0.05) is 48.0 Å². The minimum atomic E-state index is -1.04. The lowest BCUT2D eigenvalue weighted by molar-refractivity contribution is -0.305. The number of carbonyl (C=O) groups excluding carboxylic acids is 1. The first kappa shape index (κ1) is 13.4. The van der Waals surface area contributed by atoms with E-state index in [0.717, 1.165) is 27.6 Å². The minimum Gasteiger partial charge on any atom is -0.550 e. The molecule has 0 aliphatic rings. The summed E-state index contributed by atoms with van der Waals surface area (Å²) in [6.45, 7) is 2.02. The summed E-state index contributed by atoms with van der Waals surface area (Å²) in [4.78, 5) is 14.4. The van der Waals surface area contributed by atoms with Crippen molar-refractivity contribution in [2.75, 3.05) is 0 Å². The predicted molar refractivity (Wildman–Crippen MR) is 80.9 cm³/mol. The van der Waals surface area contributed by atoms with Gasteiger partial charge in [-0.15, -0.1) is 0 Å². The molecule has 0 saturated heterocycles. The lowest BCUT2D eigenvalue weighted by atomic mass is 9.88. The number of para-hydroxylation sites is 1. The third-order valence-corrected chi connectivity index (χ3v) is 3.85. The zero-order chi connectivity index (χ0) is 14.8. The molecule has 1 heterocycles. The SMILES string of the molecule is Cc1ccc([C@@H](CC(=O)[O-])c2c[nH]c3ccccc23)cc1. The number of aromatic amines is 1. The molecule has 0 spiro atoms. The highest BCUT2D eigenvalue weighted by Gasteiger charge is 2.18. The summed E-state index contributed by atoms with van der Waals surface area (Å²) in [6.07, 6.45) is 1.88. The summed E-state index contributed by atoms with van der Waals surface area (Å²) >= 11 is 0. The van der Waals surface area contributed by atoms with Crippen LogP contribution in [0.2, 0.25) is 0 Å². The Bertz CT molecular complexity index is 771. The molecule has 0 bridgehead atoms. The standard InChI is InChI=1S/C18H17NO2/c1-12-6-8-13(9-7-12)15(10-18(20)21)16-11-19-17-5-3-2-4-14(16)17/h2-9,11,15,19H,10H2,1H3,(H,20,21)/p-1/t15-/m1/s1. The van der Waals surface area contributed by atoms with E-state index in [4.69, 9.17) is 0 Å². The first-order chi connectivity index (χ1) is 10.1. The van der Waals surface area contributed by atoms with E-state index in [2.05, 4.69) is 4.98 Å². The van der Waals surface area contributed by atoms with Crippen molar-refractivity contribution in [1.82, 2.24) is 4.98 Å². The van der Waals surface area contributed by atoms with E-state index in [0.29, 0.717) is 0 Å². The second kappa shape index (κ2) is 5.44. The fourth-order valence-electron chi connectivity index (χ4n) is 2.76. The summed E-state index contributed by atoms with van der Waals surface area (Å²) < 4.78 is 0. The van der Waals surface area contributed by atoms with Crippen LogP contribution < -0.4 is 5.11 Å². The average Bonchev–Trinajstić information content (AvgIpc) is 2.89. The van der Waals surface area contributed by atoms with Crippen molar-refractivity contribution in [2.24, 2.45) is 0 Å². The Morgan fingerprint density at radius 1 is 1.14 bits per heavy atom. The Morgan fingerprint density at radius 3 is 2.57 bits per heavy atom. The molecular formula is C18H16NO2-. The lowest BCUT2D eigenvalue weighted by Crippen LogP contribution is -2.24. The van der Waals surface area contributed by atoms with Crippen molar-refractivity contribution in [3.05, 3.63) is 71.4 Å². The molecule has 1 aromatic heterocycles. The number of hydrogen-bond donors (Lipinski definition) is 1. The molecule has 106 valence electrons. The summed E-state index contributed by atoms with van der Waals surface area (Å²) in [5, 5.41) is 12.2. The number of rotatable bonds is 4. The third kappa shape index (κ3) is 2.68. The topological polar surface area (TPSA) is 55.9 Å². The number of carboxylic acid groups (broad SMARTS) is 1. The zero-order valence-corrected chi connectivity index (χ0v) is 11.8. The van der Waals surface area contributed by atoms with Crippen LogP contribution >= 0.6 is 0 Å². The fraction of sp³-hybridized carbons (Fsp3) is 0.167. The second-order valence-corrected chi connectivity index (χ2v) is 5.33. The van der Waals surface area contributed by atoms with Gasteiger partial charge in [-0.05, 0) is 30.5 Å². The van der Waals surface area contributed by atoms with Crippen molar-refractivity contribution >= 4 is 16.9 Å². The molecule has 3 heteroatoms. The molecule has 3 aromatic rings. The van der Waals surface area contributed by atoms with Crippen molar-refractivity contribution < 1.29 is 9.90 Å². The van der Waals surface area contributed by atoms with Crippen LogP contribution in [0.3, 0.4) is 0 Å². The van der Waals surface area contributed by atoms with Crippen LogP contribution in [0.15, 0.2) is 54.7 Å². The highest BCUT2D eigenvalue weighted by atomic mass is 16.4. The molecular weight excluding hydrogens is 262 g/mol. The van der Waals surface area contributed by atoms with Crippen LogP contribution in [0.1, 0.15) is 29.0 Å². The van der Waals surface area contributed by atoms with E-state index in [1.165, 1.54) is 0 Å². The summed E-state index contributed by atoms with van der Waals surface area (Å²) in [6, 6.07) is 15.9. The van der Waals surface area contributed by atoms with Gasteiger partial charge in [-0.25, -0.2) is 0 Å². The number of benzene rings is 2. The monoisotopic (exact) mass is 278 g/mol. The molecule has 3 rings (SSSR count). The maximum atomic E-state index is 11.2. The first-order valence-corrected chi connectivity index (χ1v) is 6.97. The lowest BCUT2D eigenvalue weighted by Gasteiger charge is -2.18. The molecule has 21 heavy (non-hydrogen) atoms. The quantitative estimate of drug-likeness (QED) is 0.797. The predicted octanol–water partition coefficient (Wildman–Crippen LogP) is 2.75. The van der Waals surface area contributed by atoms with Gasteiger partial charge in [0.1, 0.15) is 0 Å². The number of aliphatic carboxylic acids is 1. The smallest absolute Gasteiger partial charge is 0.0457 e. The summed E-state index contributed by atoms with van der Waals surface area (Å²) in [7, 11) is 0. The first-order valence-electron chi connectivity index (χ1n) is 6.97. The van der Waals surface area contributed by atoms with Gasteiger partial charge < -0.3 is 14.9 Å². The van der Waals surface area contributed by atoms with Crippen LogP contribution in [-0.2, 0) is 4.79 Å². The molecule has 3 nitrogen and oxygen atoms in total. The zero-order valence-electron chi connectivity index (χ0n) is 11.8. The number of fused-ring (bicyclic) bond motifs is 1. The molecule has 2 aromatic carbocycles. The van der Waals surface area contributed by atoms with Crippen molar-refractivity contribution in [2.45, 2.75) is 19.3 Å². The third-order valence-electron chi connectivity index (χ3n) is 3.85. The van der Waals surface area contributed by atoms with Gasteiger partial charge in [0.2, 0.25) is 0 Å². The molecule has 0 amide bonds. The van der Waals surface area contributed by atoms with Gasteiger partial charge in [-0.2, -0.15) is 0 Å². The van der Waals surface area contributed by atoms with Crippen molar-refractivity contribution in [3.63, 3.8) is 0 Å². The highest BCUT2D eigenvalue weighted by Crippen LogP contribution is 2.33. The summed E-state index contributed by atoms with van der Waals surface area (Å²) in [5.74, 6) is -1.24. The van der Waals surface area contributed by atoms with Crippen LogP contribution in [0.4, 0.5) is 0 Å². The normalized spacial score (nSPS) is 12.4. The van der Waals surface area contributed by atoms with Crippen LogP contribution in [0, 0.1) is 6.92 Å². The highest BCUT2D eigenvalue weighted by molar-refractivity contribution is 5.85. The number of aromatic nitrogens is 1. The maximum Gasteiger partial charge on any atom is 0.0457 e. The van der Waals surface area contributed by atoms with E-state index in [-0.39, 0.29) is 12.3 Å². The van der Waals surface area contributed by atoms with Gasteiger partial charge in [0.15, 0.2) is 0 Å². The number of carboxylic acids is 1. The number of aryl methyl sites for hydroxylation is 1. The number of H-pyrrole nitrogens is 1. The van der Waals surface area contributed by atoms with Crippen molar-refractivity contribution in [1.29, 1.82) is 0 Å². The molecule has 1 atom stereocenters. The van der Waals surface area contributed by atoms with Gasteiger partial charge in [0.25, 0.3) is 0 Å². The van der Waals surface area contributed by atoms with E-state index in [9.17, 15) is 9.90 Å². The van der Waals surface area contributed by atoms with Crippen LogP contribution in [0.5, 0.6) is 0 Å². The van der Waals surface area contributed by atoms with E-state index >= 15 is 0 Å². The van der Waals surface area contributed by atoms with Crippen LogP contribution in [0.25, 0.3) is 10.9 Å². The minimum absolute atomic E-state index is 0.0229. The van der Waals surface area contributed by atoms with Gasteiger partial charge in [0, 0.05) is 29.0 Å². The van der Waals surface area contributed by atoms with E-state index in [1.807, 2.05) is 61.7 Å². The maximum absolute atomic E-state index is 11.2. The molecule has 0 unspecified atom stereocenters. The largest absolute Gasteiger partial charge is 0.550 e. The Morgan fingerprint density at radius 2 is 1.86 bits per heavy atom. The molecule has 0 radical (unpaired) electrons. The van der Waals surface area contributed by atoms with Gasteiger partial charge in [0.05, 0.1) is 0 Å². The van der Waals surface area contributed by atoms with Crippen molar-refractivity contribution in [3.8, 4) is 0 Å². The fourth-order valence-corrected chi connectivity index (χ4v) is 2.76. The van der Waals surface area contributed by atoms with E-state index in [1.54, 1.807) is 0 Å². The molecule has 0 aliphatic carbocycles. The summed E-state index contributed by atoms with van der Waals surface area (Å²) in [5.41, 5.74) is 4.17. The average molecular weight is 278 g/mol. The Balaban J connectivity index is 2.11. The second-order valence-electron chi connectivity index (χ2n) is 5.33. The van der Waals surface area contributed by atoms with Crippen LogP contribution in [-0.4, -0.2) is 11.0 Å². The Labute approximate surface area is 123 Å². The van der Waals surface area contributed by atoms with Gasteiger partial charge >= 0.3 is 0 Å². The Hall–Kier alpha value is -2.55. The van der Waals surface area contributed by atoms with Gasteiger partial charge in [-0.3, -0.25) is 0 Å². The molecule has 0 saturated carbocycles. The molecule has 1 N–H and O–H groups in total. The molecule has 0 aliphatic heterocycles. The number of carbonyl (C=O) groups is 1.